The molecule has 0 spiro atoms. The minimum absolute atomic E-state index is 0.139. The molecule has 2 aromatic rings. The van der Waals surface area contributed by atoms with Crippen molar-refractivity contribution in [3.8, 4) is 11.3 Å². The molecule has 0 aliphatic rings. The number of carbonyl (C=O) groups is 1. The van der Waals surface area contributed by atoms with E-state index >= 15 is 0 Å². The Morgan fingerprint density at radius 1 is 1.42 bits per heavy atom. The van der Waals surface area contributed by atoms with Crippen molar-refractivity contribution in [3.63, 3.8) is 0 Å². The Labute approximate surface area is 140 Å². The number of carbonyl (C=O) groups excluding carboxylic acids is 1. The molecular formula is C18H23FN2O3. The van der Waals surface area contributed by atoms with Crippen molar-refractivity contribution in [3.05, 3.63) is 42.2 Å². The van der Waals surface area contributed by atoms with E-state index in [0.29, 0.717) is 23.6 Å². The highest BCUT2D eigenvalue weighted by molar-refractivity contribution is 5.76. The Bertz CT molecular complexity index is 672. The number of hydrogen-bond acceptors (Lipinski definition) is 4. The van der Waals surface area contributed by atoms with Gasteiger partial charge in [0.15, 0.2) is 11.7 Å². The van der Waals surface area contributed by atoms with Crippen LogP contribution in [0.3, 0.4) is 0 Å². The van der Waals surface area contributed by atoms with Gasteiger partial charge < -0.3 is 14.8 Å². The highest BCUT2D eigenvalue weighted by Gasteiger charge is 2.14. The average Bonchev–Trinajstić information content (AvgIpc) is 3.06. The van der Waals surface area contributed by atoms with Crippen LogP contribution in [-0.2, 0) is 11.2 Å². The quantitative estimate of drug-likeness (QED) is 0.778. The minimum Gasteiger partial charge on any atom is -0.441 e. The van der Waals surface area contributed by atoms with Gasteiger partial charge >= 0.3 is 0 Å². The average molecular weight is 334 g/mol. The number of hydrogen-bond donors (Lipinski definition) is 2. The second kappa shape index (κ2) is 8.59. The van der Waals surface area contributed by atoms with E-state index in [2.05, 4.69) is 10.3 Å². The summed E-state index contributed by atoms with van der Waals surface area (Å²) in [6.07, 6.45) is 2.28. The summed E-state index contributed by atoms with van der Waals surface area (Å²) in [6.45, 7) is 4.17. The van der Waals surface area contributed by atoms with Gasteiger partial charge in [-0.05, 0) is 18.1 Å². The molecular weight excluding hydrogens is 311 g/mol. The fourth-order valence-corrected chi connectivity index (χ4v) is 2.21. The Balaban J connectivity index is 1.83. The number of nitrogens with one attached hydrogen (secondary N) is 1. The Morgan fingerprint density at radius 2 is 2.17 bits per heavy atom. The van der Waals surface area contributed by atoms with Crippen molar-refractivity contribution in [2.24, 2.45) is 5.92 Å². The zero-order valence-electron chi connectivity index (χ0n) is 14.0. The maximum atomic E-state index is 13.7. The first-order valence-electron chi connectivity index (χ1n) is 8.15. The van der Waals surface area contributed by atoms with Crippen LogP contribution < -0.4 is 5.32 Å². The minimum atomic E-state index is -0.548. The topological polar surface area (TPSA) is 75.4 Å². The van der Waals surface area contributed by atoms with Crippen LogP contribution >= 0.6 is 0 Å². The van der Waals surface area contributed by atoms with Crippen LogP contribution in [0.25, 0.3) is 11.3 Å². The van der Waals surface area contributed by atoms with Crippen LogP contribution in [0.1, 0.15) is 32.6 Å². The third-order valence-corrected chi connectivity index (χ3v) is 4.07. The first-order valence-corrected chi connectivity index (χ1v) is 8.15. The molecule has 0 fully saturated rings. The number of aliphatic hydroxyl groups is 1. The molecule has 5 nitrogen and oxygen atoms in total. The molecule has 1 aromatic carbocycles. The lowest BCUT2D eigenvalue weighted by Crippen LogP contribution is -2.35. The van der Waals surface area contributed by atoms with Gasteiger partial charge in [-0.3, -0.25) is 4.79 Å². The molecule has 2 rings (SSSR count). The van der Waals surface area contributed by atoms with E-state index in [-0.39, 0.29) is 30.6 Å². The molecule has 24 heavy (non-hydrogen) atoms. The molecule has 2 atom stereocenters. The summed E-state index contributed by atoms with van der Waals surface area (Å²) in [5, 5.41) is 12.5. The van der Waals surface area contributed by atoms with E-state index in [9.17, 15) is 14.3 Å². The fraction of sp³-hybridized carbons (Fsp3) is 0.444. The molecule has 2 N–H and O–H groups in total. The van der Waals surface area contributed by atoms with Crippen LogP contribution in [0.5, 0.6) is 0 Å². The maximum absolute atomic E-state index is 13.7. The molecule has 1 heterocycles. The number of nitrogens with zero attached hydrogens (tertiary/aromatic N) is 1. The van der Waals surface area contributed by atoms with Gasteiger partial charge in [0.25, 0.3) is 0 Å². The van der Waals surface area contributed by atoms with Gasteiger partial charge in [-0.1, -0.05) is 32.4 Å². The first-order chi connectivity index (χ1) is 11.5. The van der Waals surface area contributed by atoms with Crippen molar-refractivity contribution in [2.75, 3.05) is 6.54 Å². The van der Waals surface area contributed by atoms with Crippen LogP contribution in [0.2, 0.25) is 0 Å². The van der Waals surface area contributed by atoms with E-state index in [1.54, 1.807) is 18.2 Å². The van der Waals surface area contributed by atoms with Gasteiger partial charge in [-0.25, -0.2) is 9.37 Å². The molecule has 0 saturated heterocycles. The standard InChI is InChI=1S/C18H23FN2O3/c1-3-12(2)15(22)10-20-17(23)8-9-18-21-11-16(24-18)13-6-4-5-7-14(13)19/h4-7,11-12,15,22H,3,8-10H2,1-2H3,(H,20,23). The number of amides is 1. The van der Waals surface area contributed by atoms with Gasteiger partial charge in [0.1, 0.15) is 5.82 Å². The summed E-state index contributed by atoms with van der Waals surface area (Å²) < 4.78 is 19.2. The second-order valence-corrected chi connectivity index (χ2v) is 5.86. The largest absolute Gasteiger partial charge is 0.441 e. The summed E-state index contributed by atoms with van der Waals surface area (Å²) in [5.74, 6) is 0.307. The Hall–Kier alpha value is -2.21. The number of halogens is 1. The van der Waals surface area contributed by atoms with Gasteiger partial charge in [0, 0.05) is 19.4 Å². The molecule has 0 bridgehead atoms. The predicted molar refractivity (Wildman–Crippen MR) is 88.7 cm³/mol. The van der Waals surface area contributed by atoms with Crippen LogP contribution in [0.15, 0.2) is 34.9 Å². The summed E-state index contributed by atoms with van der Waals surface area (Å²) in [7, 11) is 0. The number of aliphatic hydroxyl groups excluding tert-OH is 1. The second-order valence-electron chi connectivity index (χ2n) is 5.86. The number of oxazole rings is 1. The van der Waals surface area contributed by atoms with Gasteiger partial charge in [0.05, 0.1) is 17.9 Å². The maximum Gasteiger partial charge on any atom is 0.220 e. The van der Waals surface area contributed by atoms with E-state index in [4.69, 9.17) is 4.42 Å². The highest BCUT2D eigenvalue weighted by Crippen LogP contribution is 2.23. The Kier molecular flexibility index (Phi) is 6.49. The third-order valence-electron chi connectivity index (χ3n) is 4.07. The molecule has 0 aliphatic carbocycles. The molecule has 2 unspecified atom stereocenters. The Morgan fingerprint density at radius 3 is 2.88 bits per heavy atom. The summed E-state index contributed by atoms with van der Waals surface area (Å²) in [6, 6.07) is 6.29. The monoisotopic (exact) mass is 334 g/mol. The number of aromatic nitrogens is 1. The molecule has 6 heteroatoms. The lowest BCUT2D eigenvalue weighted by molar-refractivity contribution is -0.121. The number of benzene rings is 1. The van der Waals surface area contributed by atoms with Crippen molar-refractivity contribution in [1.29, 1.82) is 0 Å². The summed E-state index contributed by atoms with van der Waals surface area (Å²) >= 11 is 0. The van der Waals surface area contributed by atoms with Crippen LogP contribution in [0.4, 0.5) is 4.39 Å². The van der Waals surface area contributed by atoms with Crippen molar-refractivity contribution in [1.82, 2.24) is 10.3 Å². The molecule has 1 aromatic heterocycles. The first kappa shape index (κ1) is 18.1. The number of aryl methyl sites for hydroxylation is 1. The molecule has 0 aliphatic heterocycles. The van der Waals surface area contributed by atoms with E-state index in [0.717, 1.165) is 6.42 Å². The van der Waals surface area contributed by atoms with Gasteiger partial charge in [0.2, 0.25) is 5.91 Å². The van der Waals surface area contributed by atoms with Crippen LogP contribution in [-0.4, -0.2) is 28.6 Å². The fourth-order valence-electron chi connectivity index (χ4n) is 2.21. The third kappa shape index (κ3) is 4.89. The van der Waals surface area contributed by atoms with E-state index in [1.165, 1.54) is 12.3 Å². The van der Waals surface area contributed by atoms with Crippen LogP contribution in [0, 0.1) is 11.7 Å². The molecule has 0 saturated carbocycles. The molecule has 0 radical (unpaired) electrons. The normalized spacial score (nSPS) is 13.5. The van der Waals surface area contributed by atoms with Gasteiger partial charge in [-0.15, -0.1) is 0 Å². The van der Waals surface area contributed by atoms with E-state index in [1.807, 2.05) is 13.8 Å². The zero-order valence-corrected chi connectivity index (χ0v) is 14.0. The lowest BCUT2D eigenvalue weighted by Gasteiger charge is -2.17. The van der Waals surface area contributed by atoms with Gasteiger partial charge in [-0.2, -0.15) is 0 Å². The van der Waals surface area contributed by atoms with Crippen molar-refractivity contribution < 1.29 is 18.7 Å². The molecule has 1 amide bonds. The van der Waals surface area contributed by atoms with Crippen molar-refractivity contribution >= 4 is 5.91 Å². The molecule has 130 valence electrons. The van der Waals surface area contributed by atoms with Crippen molar-refractivity contribution in [2.45, 2.75) is 39.2 Å². The summed E-state index contributed by atoms with van der Waals surface area (Å²) in [5.41, 5.74) is 0.345. The zero-order chi connectivity index (χ0) is 17.5. The van der Waals surface area contributed by atoms with E-state index < -0.39 is 6.10 Å². The lowest BCUT2D eigenvalue weighted by atomic mass is 10.0. The smallest absolute Gasteiger partial charge is 0.220 e. The summed E-state index contributed by atoms with van der Waals surface area (Å²) in [4.78, 5) is 15.9. The predicted octanol–water partition coefficient (Wildman–Crippen LogP) is 2.94. The number of rotatable bonds is 8. The SMILES string of the molecule is CCC(C)C(O)CNC(=O)CCc1ncc(-c2ccccc2F)o1. The highest BCUT2D eigenvalue weighted by atomic mass is 19.1.